The van der Waals surface area contributed by atoms with Gasteiger partial charge in [-0.25, -0.2) is 0 Å². The minimum atomic E-state index is -5.13. The molecule has 4 fully saturated rings. The highest BCUT2D eigenvalue weighted by atomic mass is 19.4. The third kappa shape index (κ3) is 5.70. The number of carbonyl (C=O) groups is 5. The number of hydrogen-bond donors (Lipinski definition) is 3. The lowest BCUT2D eigenvalue weighted by Gasteiger charge is -2.31. The molecule has 3 N–H and O–H groups in total. The Kier molecular flexibility index (Phi) is 7.18. The van der Waals surface area contributed by atoms with Gasteiger partial charge in [0.15, 0.2) is 5.78 Å². The summed E-state index contributed by atoms with van der Waals surface area (Å²) < 4.78 is 81.0. The summed E-state index contributed by atoms with van der Waals surface area (Å²) in [5, 5.41) is 6.57. The second-order valence-electron chi connectivity index (χ2n) is 11.2. The summed E-state index contributed by atoms with van der Waals surface area (Å²) in [6.45, 7) is 2.30. The van der Waals surface area contributed by atoms with Gasteiger partial charge in [0.25, 0.3) is 0 Å². The fraction of sp³-hybridized carbons (Fsp3) is 0.783. The van der Waals surface area contributed by atoms with Crippen LogP contribution in [0.4, 0.5) is 26.3 Å². The summed E-state index contributed by atoms with van der Waals surface area (Å²) in [4.78, 5) is 64.3. The van der Waals surface area contributed by atoms with E-state index in [1.807, 2.05) is 0 Å². The van der Waals surface area contributed by atoms with Gasteiger partial charge in [0.1, 0.15) is 18.2 Å². The normalized spacial score (nSPS) is 29.2. The molecule has 2 saturated carbocycles. The summed E-state index contributed by atoms with van der Waals surface area (Å²) in [6, 6.07) is -2.94. The number of alkyl halides is 6. The maximum atomic E-state index is 13.4. The van der Waals surface area contributed by atoms with Crippen molar-refractivity contribution in [3.8, 4) is 0 Å². The van der Waals surface area contributed by atoms with Gasteiger partial charge in [-0.1, -0.05) is 13.8 Å². The Hall–Kier alpha value is -2.91. The Morgan fingerprint density at radius 2 is 1.77 bits per heavy atom. The maximum Gasteiger partial charge on any atom is 0.522 e. The van der Waals surface area contributed by atoms with Crippen LogP contribution in [0.15, 0.2) is 0 Å². The van der Waals surface area contributed by atoms with Crippen LogP contribution in [0.25, 0.3) is 0 Å². The number of piperidine rings is 1. The highest BCUT2D eigenvalue weighted by Crippen LogP contribution is 2.65. The summed E-state index contributed by atoms with van der Waals surface area (Å²) >= 11 is 0. The molecule has 4 aliphatic rings. The minimum Gasteiger partial charge on any atom is -0.356 e. The molecule has 0 aromatic carbocycles. The van der Waals surface area contributed by atoms with Crippen LogP contribution in [0, 0.1) is 23.2 Å². The van der Waals surface area contributed by atoms with Crippen molar-refractivity contribution in [3.05, 3.63) is 0 Å². The van der Waals surface area contributed by atoms with Gasteiger partial charge in [-0.2, -0.15) is 13.2 Å². The minimum absolute atomic E-state index is 0.109. The topological polar surface area (TPSA) is 134 Å². The Labute approximate surface area is 218 Å². The van der Waals surface area contributed by atoms with E-state index in [9.17, 15) is 50.3 Å². The number of hydrogen-bond acceptors (Lipinski definition) is 6. The fourth-order valence-electron chi connectivity index (χ4n) is 5.74. The Morgan fingerprint density at radius 1 is 1.13 bits per heavy atom. The molecule has 0 radical (unpaired) electrons. The zero-order chi connectivity index (χ0) is 29.1. The van der Waals surface area contributed by atoms with E-state index >= 15 is 0 Å². The predicted octanol–water partition coefficient (Wildman–Crippen LogP) is 0.797. The van der Waals surface area contributed by atoms with Crippen molar-refractivity contribution in [2.45, 2.75) is 69.7 Å². The van der Waals surface area contributed by atoms with Gasteiger partial charge in [0, 0.05) is 19.0 Å². The molecule has 4 amide bonds. The molecule has 2 aliphatic carbocycles. The van der Waals surface area contributed by atoms with Crippen LogP contribution in [0.1, 0.15) is 39.5 Å². The molecule has 39 heavy (non-hydrogen) atoms. The van der Waals surface area contributed by atoms with Crippen molar-refractivity contribution < 1.29 is 55.1 Å². The number of Topliss-reactive ketones (excluding diaryl/α,β-unsaturated/α-hetero) is 1. The summed E-state index contributed by atoms with van der Waals surface area (Å²) in [5.74, 6) is -7.02. The quantitative estimate of drug-likeness (QED) is 0.292. The molecule has 2 saturated heterocycles. The second-order valence-corrected chi connectivity index (χ2v) is 11.2. The molecular formula is C23H28F6N4O6. The average molecular weight is 570 g/mol. The van der Waals surface area contributed by atoms with Crippen molar-refractivity contribution in [3.63, 3.8) is 0 Å². The van der Waals surface area contributed by atoms with Gasteiger partial charge in [-0.15, -0.1) is 13.2 Å². The summed E-state index contributed by atoms with van der Waals surface area (Å²) in [5.41, 5.74) is -2.99. The van der Waals surface area contributed by atoms with E-state index in [1.54, 1.807) is 19.2 Å². The highest BCUT2D eigenvalue weighted by Gasteiger charge is 2.70. The van der Waals surface area contributed by atoms with E-state index in [0.717, 1.165) is 4.90 Å². The highest BCUT2D eigenvalue weighted by molar-refractivity contribution is 6.35. The number of fused-ring (bicyclic) bond motifs is 1. The van der Waals surface area contributed by atoms with Crippen molar-refractivity contribution in [1.82, 2.24) is 20.9 Å². The van der Waals surface area contributed by atoms with Gasteiger partial charge in [-0.3, -0.25) is 28.7 Å². The van der Waals surface area contributed by atoms with Crippen molar-refractivity contribution in [1.29, 1.82) is 0 Å². The second kappa shape index (κ2) is 9.63. The number of ketones is 1. The number of rotatable bonds is 8. The van der Waals surface area contributed by atoms with E-state index < -0.39 is 96.3 Å². The lowest BCUT2D eigenvalue weighted by Crippen LogP contribution is -2.58. The summed E-state index contributed by atoms with van der Waals surface area (Å²) in [7, 11) is 0. The number of nitrogens with zero attached hydrogens (tertiary/aromatic N) is 1. The lowest BCUT2D eigenvalue weighted by atomic mass is 9.94. The molecule has 0 aromatic heterocycles. The molecule has 0 bridgehead atoms. The zero-order valence-corrected chi connectivity index (χ0v) is 21.0. The van der Waals surface area contributed by atoms with Gasteiger partial charge < -0.3 is 20.9 Å². The Bertz CT molecular complexity index is 1070. The number of ether oxygens (including phenoxy) is 1. The number of nitrogens with one attached hydrogen (secondary N) is 3. The first-order valence-electron chi connectivity index (χ1n) is 12.4. The molecule has 4 rings (SSSR count). The van der Waals surface area contributed by atoms with Gasteiger partial charge in [0.05, 0.1) is 6.04 Å². The molecule has 2 heterocycles. The molecule has 16 heteroatoms. The smallest absolute Gasteiger partial charge is 0.356 e. The lowest BCUT2D eigenvalue weighted by molar-refractivity contribution is -0.321. The first kappa shape index (κ1) is 29.1. The SMILES string of the molecule is CC1(C)[C@@H]2[C@@H](C(=O)NC(C[C@@H]3CCNC3=O)C(=O)COC(F)(F)F)N(C(=O)C(=O)NC3(C(F)(F)F)CC3)C[C@@H]21. The number of amides is 4. The molecule has 5 atom stereocenters. The number of halogens is 6. The molecule has 0 aromatic rings. The molecule has 0 spiro atoms. The van der Waals surface area contributed by atoms with Gasteiger partial charge in [-0.05, 0) is 42.9 Å². The molecule has 2 aliphatic heterocycles. The fourth-order valence-corrected chi connectivity index (χ4v) is 5.74. The van der Waals surface area contributed by atoms with E-state index in [0.29, 0.717) is 0 Å². The van der Waals surface area contributed by atoms with E-state index in [2.05, 4.69) is 15.4 Å². The molecule has 10 nitrogen and oxygen atoms in total. The number of carbonyl (C=O) groups excluding carboxylic acids is 5. The van der Waals surface area contributed by atoms with Crippen molar-refractivity contribution >= 4 is 29.4 Å². The first-order valence-corrected chi connectivity index (χ1v) is 12.4. The third-order valence-corrected chi connectivity index (χ3v) is 8.34. The first-order chi connectivity index (χ1) is 17.9. The van der Waals surface area contributed by atoms with Crippen LogP contribution in [-0.4, -0.2) is 84.2 Å². The molecule has 218 valence electrons. The van der Waals surface area contributed by atoms with E-state index in [1.165, 1.54) is 0 Å². The molecule has 1 unspecified atom stereocenters. The van der Waals surface area contributed by atoms with Crippen molar-refractivity contribution in [2.24, 2.45) is 23.2 Å². The van der Waals surface area contributed by atoms with Gasteiger partial charge >= 0.3 is 24.4 Å². The Morgan fingerprint density at radius 3 is 2.28 bits per heavy atom. The van der Waals surface area contributed by atoms with Crippen LogP contribution >= 0.6 is 0 Å². The Balaban J connectivity index is 1.50. The predicted molar refractivity (Wildman–Crippen MR) is 117 cm³/mol. The van der Waals surface area contributed by atoms with Crippen LogP contribution in [0.3, 0.4) is 0 Å². The average Bonchev–Trinajstić information content (AvgIpc) is 3.54. The standard InChI is InChI=1S/C23H28F6N4O6/c1-20(2)11-8-33(19(38)18(37)32-21(4-5-21)22(24,25)26)15(14(11)20)17(36)31-12(7-10-3-6-30-16(10)35)13(34)9-39-23(27,28)29/h10-12,14-15H,3-9H2,1-2H3,(H,30,35)(H,31,36)(H,32,37)/t10-,11-,12?,14-,15-/m0/s1. The summed E-state index contributed by atoms with van der Waals surface area (Å²) in [6.07, 6.45) is -10.7. The van der Waals surface area contributed by atoms with E-state index in [-0.39, 0.29) is 31.8 Å². The van der Waals surface area contributed by atoms with Crippen LogP contribution < -0.4 is 16.0 Å². The van der Waals surface area contributed by atoms with Crippen molar-refractivity contribution in [2.75, 3.05) is 19.7 Å². The maximum absolute atomic E-state index is 13.4. The number of likely N-dealkylation sites (tertiary alicyclic amines) is 1. The van der Waals surface area contributed by atoms with Crippen LogP contribution in [-0.2, 0) is 28.7 Å². The van der Waals surface area contributed by atoms with Crippen LogP contribution in [0.5, 0.6) is 0 Å². The third-order valence-electron chi connectivity index (χ3n) is 8.34. The monoisotopic (exact) mass is 570 g/mol. The largest absolute Gasteiger partial charge is 0.522 e. The van der Waals surface area contributed by atoms with Gasteiger partial charge in [0.2, 0.25) is 11.8 Å². The van der Waals surface area contributed by atoms with E-state index in [4.69, 9.17) is 0 Å². The van der Waals surface area contributed by atoms with Crippen LogP contribution in [0.2, 0.25) is 0 Å². The molecular weight excluding hydrogens is 542 g/mol. The zero-order valence-electron chi connectivity index (χ0n) is 21.0.